The van der Waals surface area contributed by atoms with Crippen LogP contribution in [0.2, 0.25) is 0 Å². The van der Waals surface area contributed by atoms with Gasteiger partial charge in [-0.05, 0) is 104 Å². The molecule has 4 aliphatic carbocycles. The number of benzene rings is 1. The van der Waals surface area contributed by atoms with Crippen LogP contribution in [-0.2, 0) is 30.3 Å². The molecule has 6 atom stereocenters. The Kier molecular flexibility index (Phi) is 9.04. The fourth-order valence-corrected chi connectivity index (χ4v) is 9.80. The number of allylic oxidation sites excluding steroid dienone is 1. The van der Waals surface area contributed by atoms with Gasteiger partial charge in [0.05, 0.1) is 13.5 Å². The summed E-state index contributed by atoms with van der Waals surface area (Å²) in [4.78, 5) is 65.4. The van der Waals surface area contributed by atoms with Gasteiger partial charge in [0, 0.05) is 35.7 Å². The van der Waals surface area contributed by atoms with Crippen LogP contribution in [-0.4, -0.2) is 70.5 Å². The van der Waals surface area contributed by atoms with Gasteiger partial charge in [-0.2, -0.15) is 0 Å². The Morgan fingerprint density at radius 1 is 1.02 bits per heavy atom. The second-order valence-corrected chi connectivity index (χ2v) is 14.7. The van der Waals surface area contributed by atoms with E-state index in [0.717, 1.165) is 32.1 Å². The first-order valence-electron chi connectivity index (χ1n) is 17.1. The minimum atomic E-state index is -1.58. The molecule has 0 bridgehead atoms. The second-order valence-electron chi connectivity index (χ2n) is 14.7. The number of carbonyl (C=O) groups excluding carboxylic acids is 4. The zero-order valence-electron chi connectivity index (χ0n) is 28.0. The molecule has 1 aromatic carbocycles. The quantitative estimate of drug-likeness (QED) is 0.249. The number of amides is 1. The highest BCUT2D eigenvalue weighted by molar-refractivity contribution is 5.98. The van der Waals surface area contributed by atoms with Crippen molar-refractivity contribution in [2.75, 3.05) is 20.3 Å². The Labute approximate surface area is 279 Å². The Morgan fingerprint density at radius 2 is 1.79 bits per heavy atom. The number of Topliss-reactive ketones (excluding diaryl/α,β-unsaturated/α-hetero) is 1. The van der Waals surface area contributed by atoms with Gasteiger partial charge in [0.15, 0.2) is 12.4 Å². The Balaban J connectivity index is 0.990. The predicted octanol–water partition coefficient (Wildman–Crippen LogP) is 4.69. The highest BCUT2D eigenvalue weighted by Gasteiger charge is 2.66. The van der Waals surface area contributed by atoms with Crippen LogP contribution in [0.25, 0.3) is 10.9 Å². The number of aliphatic hydroxyl groups is 1. The molecule has 0 radical (unpaired) electrons. The smallest absolute Gasteiger partial charge is 0.352 e. The van der Waals surface area contributed by atoms with E-state index in [9.17, 15) is 34.2 Å². The highest BCUT2D eigenvalue weighted by Crippen LogP contribution is 2.67. The average Bonchev–Trinajstić information content (AvgIpc) is 3.57. The molecule has 48 heavy (non-hydrogen) atoms. The molecule has 0 aliphatic heterocycles. The van der Waals surface area contributed by atoms with E-state index in [2.05, 4.69) is 17.2 Å². The fraction of sp³-hybridized carbons (Fsp3) is 0.595. The molecule has 6 rings (SSSR count). The number of rotatable bonds is 11. The fourth-order valence-electron chi connectivity index (χ4n) is 9.80. The lowest BCUT2D eigenvalue weighted by molar-refractivity contribution is -0.170. The number of ketones is 2. The number of aromatic nitrogens is 1. The van der Waals surface area contributed by atoms with Gasteiger partial charge in [-0.3, -0.25) is 19.2 Å². The third-order valence-corrected chi connectivity index (χ3v) is 12.5. The molecule has 0 saturated heterocycles. The summed E-state index contributed by atoms with van der Waals surface area (Å²) in [6.45, 7) is 3.94. The summed E-state index contributed by atoms with van der Waals surface area (Å²) < 4.78 is 10.5. The van der Waals surface area contributed by atoms with Crippen molar-refractivity contribution < 1.29 is 43.7 Å². The van der Waals surface area contributed by atoms with E-state index in [-0.39, 0.29) is 48.6 Å². The third-order valence-electron chi connectivity index (χ3n) is 12.5. The number of H-pyrrole nitrogens is 1. The molecular formula is C37H46N2O9. The normalized spacial score (nSPS) is 30.9. The molecule has 4 aliphatic rings. The van der Waals surface area contributed by atoms with Crippen LogP contribution in [0.3, 0.4) is 0 Å². The molecule has 1 amide bonds. The topological polar surface area (TPSA) is 172 Å². The van der Waals surface area contributed by atoms with Gasteiger partial charge in [0.1, 0.15) is 17.0 Å². The van der Waals surface area contributed by atoms with Gasteiger partial charge in [-0.25, -0.2) is 4.79 Å². The van der Waals surface area contributed by atoms with Gasteiger partial charge < -0.3 is 30.0 Å². The monoisotopic (exact) mass is 662 g/mol. The Bertz CT molecular complexity index is 1690. The number of esters is 1. The zero-order chi connectivity index (χ0) is 34.4. The van der Waals surface area contributed by atoms with Gasteiger partial charge in [0.2, 0.25) is 11.7 Å². The minimum absolute atomic E-state index is 0.00331. The first-order chi connectivity index (χ1) is 22.8. The van der Waals surface area contributed by atoms with Crippen molar-refractivity contribution in [3.63, 3.8) is 0 Å². The van der Waals surface area contributed by atoms with Crippen molar-refractivity contribution in [1.82, 2.24) is 10.3 Å². The number of hydrogen-bond donors (Lipinski definition) is 4. The molecule has 11 nitrogen and oxygen atoms in total. The summed E-state index contributed by atoms with van der Waals surface area (Å²) >= 11 is 0. The first kappa shape index (κ1) is 33.9. The van der Waals surface area contributed by atoms with E-state index < -0.39 is 41.3 Å². The van der Waals surface area contributed by atoms with Crippen LogP contribution < -0.4 is 10.1 Å². The summed E-state index contributed by atoms with van der Waals surface area (Å²) in [5.74, 6) is -0.929. The van der Waals surface area contributed by atoms with Crippen molar-refractivity contribution in [3.05, 3.63) is 41.1 Å². The molecule has 3 saturated carbocycles. The lowest BCUT2D eigenvalue weighted by atomic mass is 9.46. The summed E-state index contributed by atoms with van der Waals surface area (Å²) in [7, 11) is 1.52. The van der Waals surface area contributed by atoms with Crippen LogP contribution in [0.4, 0.5) is 0 Å². The highest BCUT2D eigenvalue weighted by atomic mass is 16.5. The number of aromatic amines is 1. The standard InChI is InChI=1S/C37H46N2O9/c1-35-14-10-22(40)18-21(35)4-6-25-27(35)11-15-36(2)28(25)12-16-37(36,46)30(41)20-48-32(43)9-8-31(42)38-17-13-24-26-19-23(47-3)5-7-29(26)39-33(24)34(44)45/h5,7,18-19,25,27-28,39,46H,4,6,8-17,20H2,1-3H3,(H,38,42)(H,44,45)/t25-,27+,28-,35+,36+,37+/m1/s1. The van der Waals surface area contributed by atoms with Crippen molar-refractivity contribution in [2.24, 2.45) is 28.6 Å². The SMILES string of the molecule is COc1ccc2[nH]c(C(=O)O)c(CCNC(=O)CCC(=O)OCC(=O)[C@@]3(O)CC[C@@H]4[C@@H]5CCC6=CC(=O)CC[C@]6(C)[C@H]5CC[C@@]43C)c2c1. The Morgan fingerprint density at radius 3 is 2.54 bits per heavy atom. The van der Waals surface area contributed by atoms with Crippen LogP contribution >= 0.6 is 0 Å². The largest absolute Gasteiger partial charge is 0.497 e. The van der Waals surface area contributed by atoms with Crippen molar-refractivity contribution >= 4 is 40.3 Å². The molecular weight excluding hydrogens is 616 g/mol. The van der Waals surface area contributed by atoms with E-state index in [4.69, 9.17) is 9.47 Å². The molecule has 3 fully saturated rings. The number of methoxy groups -OCH3 is 1. The molecule has 1 aromatic heterocycles. The molecule has 0 unspecified atom stereocenters. The molecule has 258 valence electrons. The van der Waals surface area contributed by atoms with Crippen LogP contribution in [0.15, 0.2) is 29.8 Å². The van der Waals surface area contributed by atoms with Crippen LogP contribution in [0.5, 0.6) is 5.75 Å². The van der Waals surface area contributed by atoms with E-state index in [1.165, 1.54) is 12.7 Å². The van der Waals surface area contributed by atoms with Crippen molar-refractivity contribution in [1.29, 1.82) is 0 Å². The van der Waals surface area contributed by atoms with Gasteiger partial charge >= 0.3 is 11.9 Å². The zero-order valence-corrected chi connectivity index (χ0v) is 28.0. The number of hydrogen-bond acceptors (Lipinski definition) is 8. The lowest BCUT2D eigenvalue weighted by Crippen LogP contribution is -2.58. The number of carboxylic acids is 1. The summed E-state index contributed by atoms with van der Waals surface area (Å²) in [5.41, 5.74) is 0.293. The van der Waals surface area contributed by atoms with Crippen molar-refractivity contribution in [2.45, 2.75) is 90.1 Å². The van der Waals surface area contributed by atoms with E-state index in [1.54, 1.807) is 18.2 Å². The lowest BCUT2D eigenvalue weighted by Gasteiger charge is -2.58. The number of ether oxygens (including phenoxy) is 2. The summed E-state index contributed by atoms with van der Waals surface area (Å²) in [6, 6.07) is 5.20. The number of fused-ring (bicyclic) bond motifs is 6. The molecule has 4 N–H and O–H groups in total. The van der Waals surface area contributed by atoms with Crippen molar-refractivity contribution in [3.8, 4) is 5.75 Å². The third kappa shape index (κ3) is 5.73. The van der Waals surface area contributed by atoms with E-state index in [0.29, 0.717) is 53.3 Å². The molecule has 2 aromatic rings. The summed E-state index contributed by atoms with van der Waals surface area (Å²) in [5, 5.41) is 24.9. The van der Waals surface area contributed by atoms with Gasteiger partial charge in [0.25, 0.3) is 0 Å². The van der Waals surface area contributed by atoms with E-state index >= 15 is 0 Å². The maximum atomic E-state index is 13.5. The maximum absolute atomic E-state index is 13.5. The predicted molar refractivity (Wildman–Crippen MR) is 175 cm³/mol. The molecule has 1 heterocycles. The molecule has 11 heteroatoms. The van der Waals surface area contributed by atoms with Gasteiger partial charge in [-0.15, -0.1) is 0 Å². The minimum Gasteiger partial charge on any atom is -0.497 e. The average molecular weight is 663 g/mol. The number of nitrogens with one attached hydrogen (secondary N) is 2. The second kappa shape index (κ2) is 12.8. The number of aromatic carboxylic acids is 1. The van der Waals surface area contributed by atoms with Crippen LogP contribution in [0.1, 0.15) is 94.1 Å². The number of carbonyl (C=O) groups is 5. The Hall–Kier alpha value is -3.99. The summed E-state index contributed by atoms with van der Waals surface area (Å²) in [6.07, 6.45) is 7.67. The molecule has 0 spiro atoms. The van der Waals surface area contributed by atoms with Gasteiger partial charge in [-0.1, -0.05) is 19.4 Å². The number of carboxylic acid groups (broad SMARTS) is 1. The first-order valence-corrected chi connectivity index (χ1v) is 17.1. The van der Waals surface area contributed by atoms with E-state index in [1.807, 2.05) is 13.0 Å². The van der Waals surface area contributed by atoms with Crippen LogP contribution in [0, 0.1) is 28.6 Å². The maximum Gasteiger partial charge on any atom is 0.352 e.